The van der Waals surface area contributed by atoms with Crippen LogP contribution in [0.4, 0.5) is 0 Å². The van der Waals surface area contributed by atoms with Crippen LogP contribution >= 0.6 is 0 Å². The van der Waals surface area contributed by atoms with E-state index in [2.05, 4.69) is 20.1 Å². The number of aryl methyl sites for hydroxylation is 1. The molecule has 0 aliphatic rings. The second-order valence-corrected chi connectivity index (χ2v) is 5.20. The summed E-state index contributed by atoms with van der Waals surface area (Å²) in [5.74, 6) is 1.00. The van der Waals surface area contributed by atoms with Gasteiger partial charge in [0.05, 0.1) is 31.7 Å². The molecule has 0 saturated heterocycles. The summed E-state index contributed by atoms with van der Waals surface area (Å²) in [6.45, 7) is 1.59. The lowest BCUT2D eigenvalue weighted by Crippen LogP contribution is -2.08. The minimum atomic E-state index is -0.626. The van der Waals surface area contributed by atoms with E-state index in [4.69, 9.17) is 18.7 Å². The number of carbonyl (C=O) groups excluding carboxylic acids is 1. The van der Waals surface area contributed by atoms with Gasteiger partial charge in [-0.3, -0.25) is 4.98 Å². The Kier molecular flexibility index (Phi) is 5.07. The molecule has 0 radical (unpaired) electrons. The number of nitrogens with zero attached hydrogens (tertiary/aromatic N) is 4. The molecular weight excluding hydrogens is 340 g/mol. The maximum Gasteiger partial charge on any atom is 0.359 e. The van der Waals surface area contributed by atoms with Crippen molar-refractivity contribution in [2.75, 3.05) is 14.2 Å². The van der Waals surface area contributed by atoms with E-state index < -0.39 is 5.97 Å². The fraction of sp³-hybridized carbons (Fsp3) is 0.235. The summed E-state index contributed by atoms with van der Waals surface area (Å²) in [4.78, 5) is 24.1. The van der Waals surface area contributed by atoms with E-state index in [-0.39, 0.29) is 18.2 Å². The maximum absolute atomic E-state index is 11.9. The molecule has 0 spiro atoms. The molecular formula is C17H16N4O5. The van der Waals surface area contributed by atoms with Crippen molar-refractivity contribution < 1.29 is 23.5 Å². The lowest BCUT2D eigenvalue weighted by molar-refractivity contribution is 0.0422. The normalized spacial score (nSPS) is 10.4. The molecule has 0 saturated carbocycles. The van der Waals surface area contributed by atoms with Gasteiger partial charge in [-0.15, -0.1) is 0 Å². The van der Waals surface area contributed by atoms with Gasteiger partial charge in [0.15, 0.2) is 12.3 Å². The molecule has 0 unspecified atom stereocenters. The number of aromatic nitrogens is 4. The first-order valence-electron chi connectivity index (χ1n) is 7.61. The van der Waals surface area contributed by atoms with E-state index in [0.717, 1.165) is 0 Å². The summed E-state index contributed by atoms with van der Waals surface area (Å²) < 4.78 is 20.7. The lowest BCUT2D eigenvalue weighted by atomic mass is 10.2. The molecule has 0 aliphatic carbocycles. The maximum atomic E-state index is 11.9. The summed E-state index contributed by atoms with van der Waals surface area (Å²) in [7, 11) is 3.09. The zero-order valence-electron chi connectivity index (χ0n) is 14.4. The first-order chi connectivity index (χ1) is 12.6. The van der Waals surface area contributed by atoms with E-state index in [9.17, 15) is 4.79 Å². The first-order valence-corrected chi connectivity index (χ1v) is 7.61. The van der Waals surface area contributed by atoms with Crippen molar-refractivity contribution in [3.05, 3.63) is 47.9 Å². The number of hydrogen-bond acceptors (Lipinski definition) is 9. The van der Waals surface area contributed by atoms with Crippen LogP contribution in [-0.2, 0) is 11.3 Å². The quantitative estimate of drug-likeness (QED) is 0.614. The monoisotopic (exact) mass is 356 g/mol. The molecule has 2 heterocycles. The van der Waals surface area contributed by atoms with Crippen molar-refractivity contribution in [1.82, 2.24) is 20.1 Å². The predicted octanol–water partition coefficient (Wildman–Crippen LogP) is 2.21. The Morgan fingerprint density at radius 2 is 2.00 bits per heavy atom. The molecule has 0 aliphatic heterocycles. The summed E-state index contributed by atoms with van der Waals surface area (Å²) in [5.41, 5.74) is 1.43. The number of esters is 1. The molecule has 9 heteroatoms. The highest BCUT2D eigenvalue weighted by molar-refractivity contribution is 5.86. The van der Waals surface area contributed by atoms with Crippen LogP contribution in [0.25, 0.3) is 11.4 Å². The van der Waals surface area contributed by atoms with E-state index in [1.54, 1.807) is 32.2 Å². The lowest BCUT2D eigenvalue weighted by Gasteiger charge is -2.07. The SMILES string of the molecule is COc1ccc(-c2noc(COC(=O)c3cnc(C)cn3)n2)c(OC)c1. The molecule has 134 valence electrons. The highest BCUT2D eigenvalue weighted by Gasteiger charge is 2.16. The molecule has 2 aromatic heterocycles. The average Bonchev–Trinajstić information content (AvgIpc) is 3.15. The van der Waals surface area contributed by atoms with Crippen LogP contribution < -0.4 is 9.47 Å². The highest BCUT2D eigenvalue weighted by Crippen LogP contribution is 2.31. The standard InChI is InChI=1S/C17H16N4O5/c1-10-7-19-13(8-18-10)17(22)25-9-15-20-16(21-26-15)12-5-4-11(23-2)6-14(12)24-3/h4-8H,9H2,1-3H3. The van der Waals surface area contributed by atoms with Crippen LogP contribution in [0.2, 0.25) is 0 Å². The van der Waals surface area contributed by atoms with E-state index in [1.807, 2.05) is 0 Å². The van der Waals surface area contributed by atoms with Gasteiger partial charge in [0.2, 0.25) is 5.82 Å². The zero-order valence-corrected chi connectivity index (χ0v) is 14.4. The number of methoxy groups -OCH3 is 2. The molecule has 26 heavy (non-hydrogen) atoms. The molecule has 1 aromatic carbocycles. The molecule has 0 bridgehead atoms. The van der Waals surface area contributed by atoms with E-state index in [0.29, 0.717) is 28.6 Å². The summed E-state index contributed by atoms with van der Waals surface area (Å²) in [5, 5.41) is 3.89. The largest absolute Gasteiger partial charge is 0.497 e. The molecule has 3 aromatic rings. The Bertz CT molecular complexity index is 908. The Balaban J connectivity index is 1.70. The molecule has 3 rings (SSSR count). The Hall–Kier alpha value is -3.49. The van der Waals surface area contributed by atoms with Crippen LogP contribution in [0, 0.1) is 6.92 Å². The van der Waals surface area contributed by atoms with Crippen LogP contribution in [-0.4, -0.2) is 40.3 Å². The Labute approximate surface area is 148 Å². The highest BCUT2D eigenvalue weighted by atomic mass is 16.6. The zero-order chi connectivity index (χ0) is 18.5. The van der Waals surface area contributed by atoms with Gasteiger partial charge in [0.25, 0.3) is 5.89 Å². The third kappa shape index (κ3) is 3.77. The van der Waals surface area contributed by atoms with E-state index in [1.165, 1.54) is 19.5 Å². The van der Waals surface area contributed by atoms with Crippen molar-refractivity contribution in [3.63, 3.8) is 0 Å². The predicted molar refractivity (Wildman–Crippen MR) is 88.7 cm³/mol. The van der Waals surface area contributed by atoms with Gasteiger partial charge in [-0.1, -0.05) is 5.16 Å². The Morgan fingerprint density at radius 3 is 2.69 bits per heavy atom. The third-order valence-electron chi connectivity index (χ3n) is 3.43. The second kappa shape index (κ2) is 7.60. The number of ether oxygens (including phenoxy) is 3. The molecule has 0 N–H and O–H groups in total. The van der Waals surface area contributed by atoms with Crippen LogP contribution in [0.15, 0.2) is 35.1 Å². The minimum Gasteiger partial charge on any atom is -0.497 e. The summed E-state index contributed by atoms with van der Waals surface area (Å²) in [6.07, 6.45) is 2.83. The van der Waals surface area contributed by atoms with Crippen molar-refractivity contribution >= 4 is 5.97 Å². The third-order valence-corrected chi connectivity index (χ3v) is 3.43. The Morgan fingerprint density at radius 1 is 1.15 bits per heavy atom. The summed E-state index contributed by atoms with van der Waals surface area (Å²) >= 11 is 0. The number of rotatable bonds is 6. The fourth-order valence-corrected chi connectivity index (χ4v) is 2.11. The van der Waals surface area contributed by atoms with Crippen LogP contribution in [0.3, 0.4) is 0 Å². The molecule has 0 fully saturated rings. The van der Waals surface area contributed by atoms with Crippen LogP contribution in [0.1, 0.15) is 22.1 Å². The first kappa shape index (κ1) is 17.3. The molecule has 0 amide bonds. The summed E-state index contributed by atoms with van der Waals surface area (Å²) in [6, 6.07) is 5.21. The van der Waals surface area contributed by atoms with Gasteiger partial charge in [-0.05, 0) is 19.1 Å². The van der Waals surface area contributed by atoms with Gasteiger partial charge in [-0.2, -0.15) is 4.98 Å². The van der Waals surface area contributed by atoms with Gasteiger partial charge in [0.1, 0.15) is 11.5 Å². The molecule has 0 atom stereocenters. The van der Waals surface area contributed by atoms with Crippen molar-refractivity contribution in [3.8, 4) is 22.9 Å². The van der Waals surface area contributed by atoms with Gasteiger partial charge in [0, 0.05) is 12.3 Å². The number of carbonyl (C=O) groups is 1. The van der Waals surface area contributed by atoms with Crippen LogP contribution in [0.5, 0.6) is 11.5 Å². The topological polar surface area (TPSA) is 109 Å². The van der Waals surface area contributed by atoms with Gasteiger partial charge < -0.3 is 18.7 Å². The second-order valence-electron chi connectivity index (χ2n) is 5.20. The molecule has 9 nitrogen and oxygen atoms in total. The van der Waals surface area contributed by atoms with Gasteiger partial charge in [-0.25, -0.2) is 9.78 Å². The fourth-order valence-electron chi connectivity index (χ4n) is 2.11. The smallest absolute Gasteiger partial charge is 0.359 e. The minimum absolute atomic E-state index is 0.104. The van der Waals surface area contributed by atoms with Gasteiger partial charge >= 0.3 is 5.97 Å². The number of hydrogen-bond donors (Lipinski definition) is 0. The van der Waals surface area contributed by atoms with Crippen molar-refractivity contribution in [2.24, 2.45) is 0 Å². The van der Waals surface area contributed by atoms with Crippen molar-refractivity contribution in [1.29, 1.82) is 0 Å². The van der Waals surface area contributed by atoms with E-state index >= 15 is 0 Å². The average molecular weight is 356 g/mol. The van der Waals surface area contributed by atoms with Crippen molar-refractivity contribution in [2.45, 2.75) is 13.5 Å². The number of benzene rings is 1.